The summed E-state index contributed by atoms with van der Waals surface area (Å²) in [5, 5.41) is 12.8. The van der Waals surface area contributed by atoms with E-state index in [9.17, 15) is 28.6 Å². The lowest BCUT2D eigenvalue weighted by molar-refractivity contribution is -0.169. The van der Waals surface area contributed by atoms with Crippen LogP contribution in [0.15, 0.2) is 29.6 Å². The molecule has 0 radical (unpaired) electrons. The summed E-state index contributed by atoms with van der Waals surface area (Å²) in [7, 11) is -1.72. The number of aliphatic carboxylic acids is 1. The summed E-state index contributed by atoms with van der Waals surface area (Å²) in [6.45, 7) is 6.46. The lowest BCUT2D eigenvalue weighted by atomic mass is 9.94. The largest absolute Gasteiger partial charge is 0.480 e. The van der Waals surface area contributed by atoms with E-state index in [1.54, 1.807) is 38.1 Å². The maximum absolute atomic E-state index is 13.4. The normalized spacial score (nSPS) is 34.7. The molecular formula is C19H22N4O6S. The van der Waals surface area contributed by atoms with E-state index in [0.717, 1.165) is 15.5 Å². The molecule has 0 aromatic heterocycles. The van der Waals surface area contributed by atoms with Crippen molar-refractivity contribution < 1.29 is 23.7 Å². The SMILES string of the molecule is Cc1ccccc1[C@@H]1C(=O)N([C@@H]2C(=O)N3C(C(=O)O)C(C)(C)[S@@](=O)[C@H]23)C(C)N1N=O. The van der Waals surface area contributed by atoms with Gasteiger partial charge in [-0.3, -0.25) is 13.8 Å². The van der Waals surface area contributed by atoms with Crippen molar-refractivity contribution in [1.82, 2.24) is 14.8 Å². The quantitative estimate of drug-likeness (QED) is 0.547. The minimum Gasteiger partial charge on any atom is -0.480 e. The molecule has 2 unspecified atom stereocenters. The number of carbonyl (C=O) groups is 3. The van der Waals surface area contributed by atoms with Crippen molar-refractivity contribution in [2.75, 3.05) is 0 Å². The van der Waals surface area contributed by atoms with E-state index in [-0.39, 0.29) is 0 Å². The van der Waals surface area contributed by atoms with Crippen LogP contribution in [0.1, 0.15) is 37.9 Å². The van der Waals surface area contributed by atoms with Crippen LogP contribution < -0.4 is 0 Å². The van der Waals surface area contributed by atoms with Crippen molar-refractivity contribution in [3.63, 3.8) is 0 Å². The first-order valence-electron chi connectivity index (χ1n) is 9.50. The number of β-lactam (4-membered cyclic amide) rings is 1. The Hall–Kier alpha value is -2.82. The Morgan fingerprint density at radius 1 is 1.17 bits per heavy atom. The molecule has 11 heteroatoms. The Morgan fingerprint density at radius 3 is 2.37 bits per heavy atom. The molecule has 2 amide bonds. The monoisotopic (exact) mass is 434 g/mol. The van der Waals surface area contributed by atoms with Crippen molar-refractivity contribution >= 4 is 28.6 Å². The van der Waals surface area contributed by atoms with E-state index < -0.39 is 63.0 Å². The van der Waals surface area contributed by atoms with Crippen LogP contribution in [0.25, 0.3) is 0 Å². The van der Waals surface area contributed by atoms with Gasteiger partial charge in [-0.05, 0) is 38.8 Å². The minimum absolute atomic E-state index is 0.497. The van der Waals surface area contributed by atoms with E-state index in [4.69, 9.17) is 0 Å². The smallest absolute Gasteiger partial charge is 0.328 e. The summed E-state index contributed by atoms with van der Waals surface area (Å²) in [5.74, 6) is -2.32. The highest BCUT2D eigenvalue weighted by Gasteiger charge is 2.71. The Morgan fingerprint density at radius 2 is 1.80 bits per heavy atom. The molecule has 3 heterocycles. The minimum atomic E-state index is -1.72. The predicted molar refractivity (Wildman–Crippen MR) is 106 cm³/mol. The van der Waals surface area contributed by atoms with Crippen LogP contribution in [0.4, 0.5) is 0 Å². The van der Waals surface area contributed by atoms with Gasteiger partial charge in [-0.1, -0.05) is 24.3 Å². The molecule has 0 spiro atoms. The standard InChI is InChI=1S/C19H22N4O6S/c1-9-7-5-6-8-11(9)12-15(24)21(10(2)23(12)20-28)13-16(25)22-14(18(26)27)19(3,4)30(29)17(13)22/h5-8,10,12-14,17H,1-4H3,(H,26,27)/t10?,12-,13-,14?,17-,30+/m1/s1. The topological polar surface area (TPSA) is 128 Å². The predicted octanol–water partition coefficient (Wildman–Crippen LogP) is 0.739. The second-order valence-electron chi connectivity index (χ2n) is 8.32. The summed E-state index contributed by atoms with van der Waals surface area (Å²) >= 11 is 0. The Labute approximate surface area is 175 Å². The van der Waals surface area contributed by atoms with Crippen LogP contribution in [0, 0.1) is 11.8 Å². The number of nitroso groups, excluding NO2 is 1. The van der Waals surface area contributed by atoms with E-state index in [1.807, 2.05) is 0 Å². The van der Waals surface area contributed by atoms with Crippen LogP contribution in [-0.2, 0) is 25.2 Å². The van der Waals surface area contributed by atoms with Gasteiger partial charge in [-0.25, -0.2) is 9.80 Å². The van der Waals surface area contributed by atoms with Crippen LogP contribution in [0.5, 0.6) is 0 Å². The number of benzene rings is 1. The third-order valence-corrected chi connectivity index (χ3v) is 8.56. The maximum Gasteiger partial charge on any atom is 0.328 e. The number of aryl methyl sites for hydroxylation is 1. The zero-order chi connectivity index (χ0) is 22.1. The van der Waals surface area contributed by atoms with Gasteiger partial charge in [0.25, 0.3) is 5.91 Å². The summed E-state index contributed by atoms with van der Waals surface area (Å²) < 4.78 is 11.9. The molecule has 3 aliphatic rings. The lowest BCUT2D eigenvalue weighted by Gasteiger charge is -2.47. The second-order valence-corrected chi connectivity index (χ2v) is 10.5. The number of hydrogen-bond donors (Lipinski definition) is 1. The molecular weight excluding hydrogens is 412 g/mol. The zero-order valence-corrected chi connectivity index (χ0v) is 17.7. The molecule has 0 aliphatic carbocycles. The summed E-state index contributed by atoms with van der Waals surface area (Å²) in [6.07, 6.45) is -0.848. The molecule has 4 rings (SSSR count). The highest BCUT2D eigenvalue weighted by Crippen LogP contribution is 2.48. The average Bonchev–Trinajstić information content (AvgIpc) is 3.03. The van der Waals surface area contributed by atoms with Crippen LogP contribution in [-0.4, -0.2) is 70.3 Å². The Bertz CT molecular complexity index is 997. The molecule has 3 fully saturated rings. The molecule has 160 valence electrons. The summed E-state index contributed by atoms with van der Waals surface area (Å²) in [4.78, 5) is 52.1. The lowest BCUT2D eigenvalue weighted by Crippen LogP contribution is -2.72. The van der Waals surface area contributed by atoms with Gasteiger partial charge in [0.2, 0.25) is 5.91 Å². The van der Waals surface area contributed by atoms with E-state index in [0.29, 0.717) is 5.56 Å². The highest BCUT2D eigenvalue weighted by molar-refractivity contribution is 7.87. The molecule has 6 atom stereocenters. The van der Waals surface area contributed by atoms with Gasteiger partial charge in [-0.15, -0.1) is 4.91 Å². The van der Waals surface area contributed by atoms with Crippen molar-refractivity contribution in [1.29, 1.82) is 0 Å². The molecule has 3 saturated heterocycles. The molecule has 30 heavy (non-hydrogen) atoms. The number of nitrogens with zero attached hydrogens (tertiary/aromatic N) is 4. The van der Waals surface area contributed by atoms with Gasteiger partial charge in [-0.2, -0.15) is 0 Å². The fourth-order valence-corrected chi connectivity index (χ4v) is 6.80. The van der Waals surface area contributed by atoms with Gasteiger partial charge in [0.15, 0.2) is 6.04 Å². The Kier molecular flexibility index (Phi) is 4.49. The third-order valence-electron chi connectivity index (χ3n) is 6.38. The first-order chi connectivity index (χ1) is 14.1. The first-order valence-corrected chi connectivity index (χ1v) is 10.7. The van der Waals surface area contributed by atoms with Crippen LogP contribution in [0.2, 0.25) is 0 Å². The molecule has 1 N–H and O–H groups in total. The van der Waals surface area contributed by atoms with Gasteiger partial charge >= 0.3 is 5.97 Å². The van der Waals surface area contributed by atoms with E-state index >= 15 is 0 Å². The second kappa shape index (κ2) is 6.59. The summed E-state index contributed by atoms with van der Waals surface area (Å²) in [5.41, 5.74) is 1.38. The van der Waals surface area contributed by atoms with Gasteiger partial charge in [0.05, 0.1) is 20.8 Å². The number of amides is 2. The van der Waals surface area contributed by atoms with Crippen molar-refractivity contribution in [2.45, 2.75) is 62.1 Å². The molecule has 0 saturated carbocycles. The van der Waals surface area contributed by atoms with Crippen molar-refractivity contribution in [3.8, 4) is 0 Å². The highest BCUT2D eigenvalue weighted by atomic mass is 32.2. The molecule has 1 aromatic rings. The van der Waals surface area contributed by atoms with Crippen LogP contribution >= 0.6 is 0 Å². The van der Waals surface area contributed by atoms with E-state index in [2.05, 4.69) is 5.29 Å². The van der Waals surface area contributed by atoms with Crippen LogP contribution in [0.3, 0.4) is 0 Å². The third kappa shape index (κ3) is 2.41. The van der Waals surface area contributed by atoms with Crippen molar-refractivity contribution in [2.24, 2.45) is 5.29 Å². The maximum atomic E-state index is 13.4. The zero-order valence-electron chi connectivity index (χ0n) is 16.9. The number of carboxylic acid groups (broad SMARTS) is 1. The van der Waals surface area contributed by atoms with E-state index in [1.165, 1.54) is 18.7 Å². The fourth-order valence-electron chi connectivity index (χ4n) is 4.83. The van der Waals surface area contributed by atoms with Gasteiger partial charge < -0.3 is 14.9 Å². The number of hydrogen-bond acceptors (Lipinski definition) is 6. The van der Waals surface area contributed by atoms with Gasteiger partial charge in [0, 0.05) is 0 Å². The molecule has 1 aromatic carbocycles. The summed E-state index contributed by atoms with van der Waals surface area (Å²) in [6, 6.07) is 3.73. The van der Waals surface area contributed by atoms with Gasteiger partial charge in [0.1, 0.15) is 23.6 Å². The average molecular weight is 434 g/mol. The number of carboxylic acids is 1. The first kappa shape index (κ1) is 20.5. The fraction of sp³-hybridized carbons (Fsp3) is 0.526. The molecule has 10 nitrogen and oxygen atoms in total. The number of carbonyl (C=O) groups excluding carboxylic acids is 2. The number of rotatable bonds is 4. The Balaban J connectivity index is 1.73. The number of fused-ring (bicyclic) bond motifs is 1. The molecule has 3 aliphatic heterocycles. The molecule has 0 bridgehead atoms. The van der Waals surface area contributed by atoms with Crippen molar-refractivity contribution in [3.05, 3.63) is 40.3 Å².